The van der Waals surface area contributed by atoms with Crippen LogP contribution >= 0.6 is 11.6 Å². The molecule has 0 saturated heterocycles. The summed E-state index contributed by atoms with van der Waals surface area (Å²) >= 11 is 5.94. The van der Waals surface area contributed by atoms with E-state index in [-0.39, 0.29) is 33.6 Å². The van der Waals surface area contributed by atoms with Crippen molar-refractivity contribution in [3.05, 3.63) is 46.9 Å². The van der Waals surface area contributed by atoms with Crippen LogP contribution in [0.3, 0.4) is 0 Å². The van der Waals surface area contributed by atoms with Crippen LogP contribution < -0.4 is 10.6 Å². The van der Waals surface area contributed by atoms with E-state index in [0.29, 0.717) is 6.20 Å². The van der Waals surface area contributed by atoms with Crippen LogP contribution in [0.1, 0.15) is 18.5 Å². The van der Waals surface area contributed by atoms with Gasteiger partial charge in [-0.05, 0) is 25.1 Å². The summed E-state index contributed by atoms with van der Waals surface area (Å²) in [7, 11) is 1.45. The third-order valence-corrected chi connectivity index (χ3v) is 4.32. The van der Waals surface area contributed by atoms with Gasteiger partial charge in [0.2, 0.25) is 5.95 Å². The van der Waals surface area contributed by atoms with Crippen LogP contribution in [-0.4, -0.2) is 36.2 Å². The van der Waals surface area contributed by atoms with Crippen molar-refractivity contribution in [2.75, 3.05) is 10.6 Å². The van der Waals surface area contributed by atoms with Gasteiger partial charge in [-0.25, -0.2) is 23.8 Å². The third-order valence-electron chi connectivity index (χ3n) is 4.02. The summed E-state index contributed by atoms with van der Waals surface area (Å²) in [5.74, 6) is -1.81. The lowest BCUT2D eigenvalue weighted by Crippen LogP contribution is -2.34. The summed E-state index contributed by atoms with van der Waals surface area (Å²) in [6, 6.07) is 2.70. The maximum atomic E-state index is 14.1. The zero-order chi connectivity index (χ0) is 20.6. The Hall–Kier alpha value is -3.34. The number of rotatable bonds is 4. The molecule has 146 valence electrons. The average molecular weight is 410 g/mol. The monoisotopic (exact) mass is 409 g/mol. The number of carbonyl (C=O) groups is 1. The fourth-order valence-corrected chi connectivity index (χ4v) is 2.83. The summed E-state index contributed by atoms with van der Waals surface area (Å²) in [6.45, 7) is 1.38. The van der Waals surface area contributed by atoms with Crippen LogP contribution in [0, 0.1) is 11.8 Å². The van der Waals surface area contributed by atoms with Gasteiger partial charge in [-0.15, -0.1) is 5.10 Å². The summed E-state index contributed by atoms with van der Waals surface area (Å²) in [5, 5.41) is 17.6. The molecular formula is C16H14ClF2N7O2. The van der Waals surface area contributed by atoms with E-state index in [9.17, 15) is 18.7 Å². The fraction of sp³-hybridized carbons (Fsp3) is 0.188. The van der Waals surface area contributed by atoms with Crippen molar-refractivity contribution in [1.29, 1.82) is 0 Å². The Morgan fingerprint density at radius 1 is 1.39 bits per heavy atom. The van der Waals surface area contributed by atoms with Gasteiger partial charge >= 0.3 is 6.09 Å². The molecule has 9 nitrogen and oxygen atoms in total. The first-order chi connectivity index (χ1) is 13.2. The molecule has 0 aliphatic carbocycles. The second kappa shape index (κ2) is 7.35. The number of nitrogen functional groups attached to an aromatic ring is 1. The molecule has 1 amide bonds. The molecule has 28 heavy (non-hydrogen) atoms. The highest BCUT2D eigenvalue weighted by Gasteiger charge is 2.32. The first-order valence-electron chi connectivity index (χ1n) is 7.85. The van der Waals surface area contributed by atoms with Crippen molar-refractivity contribution in [2.24, 2.45) is 7.05 Å². The number of hydrogen-bond donors (Lipinski definition) is 2. The van der Waals surface area contributed by atoms with E-state index in [4.69, 9.17) is 17.3 Å². The Labute approximate surface area is 162 Å². The van der Waals surface area contributed by atoms with Gasteiger partial charge in [0.1, 0.15) is 5.82 Å². The molecule has 0 bridgehead atoms. The average Bonchev–Trinajstić information content (AvgIpc) is 3.00. The van der Waals surface area contributed by atoms with Gasteiger partial charge in [0, 0.05) is 12.6 Å². The number of carboxylic acid groups (broad SMARTS) is 1. The molecule has 0 fully saturated rings. The predicted octanol–water partition coefficient (Wildman–Crippen LogP) is 3.03. The smallest absolute Gasteiger partial charge is 0.413 e. The minimum atomic E-state index is -1.44. The van der Waals surface area contributed by atoms with Crippen LogP contribution in [0.25, 0.3) is 11.4 Å². The number of anilines is 2. The molecule has 1 atom stereocenters. The van der Waals surface area contributed by atoms with Gasteiger partial charge in [-0.3, -0.25) is 4.90 Å². The van der Waals surface area contributed by atoms with Crippen molar-refractivity contribution in [3.8, 4) is 11.4 Å². The van der Waals surface area contributed by atoms with Crippen molar-refractivity contribution in [1.82, 2.24) is 25.0 Å². The largest absolute Gasteiger partial charge is 0.465 e. The number of amides is 1. The highest BCUT2D eigenvalue weighted by atomic mass is 35.5. The van der Waals surface area contributed by atoms with Crippen LogP contribution in [0.4, 0.5) is 25.1 Å². The van der Waals surface area contributed by atoms with Crippen molar-refractivity contribution in [3.63, 3.8) is 0 Å². The van der Waals surface area contributed by atoms with E-state index >= 15 is 0 Å². The van der Waals surface area contributed by atoms with Gasteiger partial charge in [0.15, 0.2) is 16.7 Å². The number of nitrogens with zero attached hydrogens (tertiary/aromatic N) is 6. The topological polar surface area (TPSA) is 123 Å². The molecule has 3 N–H and O–H groups in total. The van der Waals surface area contributed by atoms with E-state index in [1.807, 2.05) is 0 Å². The quantitative estimate of drug-likeness (QED) is 0.635. The first kappa shape index (κ1) is 19.4. The molecule has 0 aliphatic rings. The number of aromatic nitrogens is 5. The van der Waals surface area contributed by atoms with Gasteiger partial charge in [0.05, 0.1) is 23.6 Å². The van der Waals surface area contributed by atoms with Crippen LogP contribution in [-0.2, 0) is 7.05 Å². The van der Waals surface area contributed by atoms with Gasteiger partial charge in [-0.1, -0.05) is 16.8 Å². The standard InChI is InChI=1S/C16H14ClF2N7O2/c1-7(9-5-8(18)6-21-14(9)19)26(16(27)28)15-12(23-24-25(15)2)11-4-3-10(20)13(17)22-11/h3-7H,20H2,1-2H3,(H,27,28)/t7-/m1/s1. The van der Waals surface area contributed by atoms with Crippen molar-refractivity contribution >= 4 is 29.2 Å². The van der Waals surface area contributed by atoms with Crippen LogP contribution in [0.2, 0.25) is 5.15 Å². The molecular weight excluding hydrogens is 396 g/mol. The number of aryl methyl sites for hydroxylation is 1. The van der Waals surface area contributed by atoms with E-state index < -0.39 is 23.9 Å². The Kier molecular flexibility index (Phi) is 5.10. The lowest BCUT2D eigenvalue weighted by atomic mass is 10.1. The Morgan fingerprint density at radius 2 is 2.11 bits per heavy atom. The number of halogens is 3. The Morgan fingerprint density at radius 3 is 2.75 bits per heavy atom. The summed E-state index contributed by atoms with van der Waals surface area (Å²) < 4.78 is 28.9. The maximum absolute atomic E-state index is 14.1. The number of hydrogen-bond acceptors (Lipinski definition) is 6. The number of nitrogens with two attached hydrogens (primary N) is 1. The lowest BCUT2D eigenvalue weighted by Gasteiger charge is -2.26. The molecule has 3 heterocycles. The van der Waals surface area contributed by atoms with E-state index in [0.717, 1.165) is 11.0 Å². The Bertz CT molecular complexity index is 1060. The minimum Gasteiger partial charge on any atom is -0.465 e. The second-order valence-electron chi connectivity index (χ2n) is 5.82. The molecule has 0 saturated carbocycles. The molecule has 0 spiro atoms. The van der Waals surface area contributed by atoms with Gasteiger partial charge < -0.3 is 10.8 Å². The zero-order valence-corrected chi connectivity index (χ0v) is 15.4. The third kappa shape index (κ3) is 3.43. The van der Waals surface area contributed by atoms with E-state index in [2.05, 4.69) is 20.3 Å². The Balaban J connectivity index is 2.16. The summed E-state index contributed by atoms with van der Waals surface area (Å²) in [4.78, 5) is 20.2. The normalized spacial score (nSPS) is 12.0. The van der Waals surface area contributed by atoms with Gasteiger partial charge in [-0.2, -0.15) is 4.39 Å². The summed E-state index contributed by atoms with van der Waals surface area (Å²) in [5.41, 5.74) is 5.91. The summed E-state index contributed by atoms with van der Waals surface area (Å²) in [6.07, 6.45) is -0.738. The molecule has 12 heteroatoms. The minimum absolute atomic E-state index is 0.00408. The van der Waals surface area contributed by atoms with Crippen LogP contribution in [0.15, 0.2) is 24.4 Å². The van der Waals surface area contributed by atoms with Gasteiger partial charge in [0.25, 0.3) is 0 Å². The highest BCUT2D eigenvalue weighted by Crippen LogP contribution is 2.35. The zero-order valence-electron chi connectivity index (χ0n) is 14.6. The van der Waals surface area contributed by atoms with E-state index in [1.54, 1.807) is 0 Å². The molecule has 0 radical (unpaired) electrons. The lowest BCUT2D eigenvalue weighted by molar-refractivity contribution is 0.199. The molecule has 0 aliphatic heterocycles. The maximum Gasteiger partial charge on any atom is 0.413 e. The molecule has 0 aromatic carbocycles. The van der Waals surface area contributed by atoms with Crippen LogP contribution in [0.5, 0.6) is 0 Å². The van der Waals surface area contributed by atoms with Crippen molar-refractivity contribution < 1.29 is 18.7 Å². The SMILES string of the molecule is C[C@H](c1cc(F)cnc1F)N(C(=O)O)c1c(-c2ccc(N)c(Cl)n2)nnn1C. The molecule has 3 aromatic heterocycles. The molecule has 0 unspecified atom stereocenters. The first-order valence-corrected chi connectivity index (χ1v) is 8.23. The predicted molar refractivity (Wildman–Crippen MR) is 96.7 cm³/mol. The number of pyridine rings is 2. The van der Waals surface area contributed by atoms with Crippen molar-refractivity contribution in [2.45, 2.75) is 13.0 Å². The molecule has 3 rings (SSSR count). The molecule has 3 aromatic rings. The second-order valence-corrected chi connectivity index (χ2v) is 6.18. The van der Waals surface area contributed by atoms with E-state index in [1.165, 1.54) is 30.8 Å². The fourth-order valence-electron chi connectivity index (χ4n) is 2.67. The highest BCUT2D eigenvalue weighted by molar-refractivity contribution is 6.31.